The van der Waals surface area contributed by atoms with Gasteiger partial charge in [0.15, 0.2) is 0 Å². The van der Waals surface area contributed by atoms with E-state index in [-0.39, 0.29) is 21.7 Å². The van der Waals surface area contributed by atoms with Crippen LogP contribution in [0.15, 0.2) is 35.0 Å². The molecule has 1 aromatic carbocycles. The van der Waals surface area contributed by atoms with Crippen LogP contribution in [0.3, 0.4) is 0 Å². The molecule has 0 aromatic heterocycles. The summed E-state index contributed by atoms with van der Waals surface area (Å²) < 4.78 is 5.37. The van der Waals surface area contributed by atoms with Crippen molar-refractivity contribution in [3.05, 3.63) is 30.3 Å². The molecule has 0 amide bonds. The maximum atomic E-state index is 6.77. The first-order valence-corrected chi connectivity index (χ1v) is 10.2. The highest BCUT2D eigenvalue weighted by Crippen LogP contribution is 2.76. The zero-order chi connectivity index (χ0) is 17.4. The molecular weight excluding hydrogens is 307 g/mol. The predicted molar refractivity (Wildman–Crippen MR) is 106 cm³/mol. The zero-order valence-electron chi connectivity index (χ0n) is 15.7. The lowest BCUT2D eigenvalue weighted by atomic mass is 9.83. The van der Waals surface area contributed by atoms with E-state index in [0.29, 0.717) is 0 Å². The summed E-state index contributed by atoms with van der Waals surface area (Å²) in [4.78, 5) is 0. The lowest BCUT2D eigenvalue weighted by molar-refractivity contribution is 0.630. The van der Waals surface area contributed by atoms with E-state index >= 15 is 0 Å². The number of hydrogen-bond donors (Lipinski definition) is 0. The zero-order valence-corrected chi connectivity index (χ0v) is 17.4. The van der Waals surface area contributed by atoms with Crippen molar-refractivity contribution < 1.29 is 0 Å². The topological polar surface area (TPSA) is 12.4 Å². The maximum absolute atomic E-state index is 6.77. The van der Waals surface area contributed by atoms with Crippen LogP contribution in [0.4, 0.5) is 0 Å². The summed E-state index contributed by atoms with van der Waals surface area (Å²) in [7, 11) is -1.78. The Bertz CT molecular complexity index is 504. The highest BCUT2D eigenvalue weighted by atomic mass is 35.5. The Balaban J connectivity index is 3.68. The second kappa shape index (κ2) is 6.37. The average molecular weight is 340 g/mol. The summed E-state index contributed by atoms with van der Waals surface area (Å²) in [5.41, 5.74) is 1.09. The van der Waals surface area contributed by atoms with Crippen molar-refractivity contribution in [2.24, 2.45) is 4.66 Å². The highest BCUT2D eigenvalue weighted by molar-refractivity contribution is 7.72. The molecule has 1 rings (SSSR count). The fraction of sp³-hybridized carbons (Fsp3) is 0.667. The fourth-order valence-electron chi connectivity index (χ4n) is 4.37. The van der Waals surface area contributed by atoms with Crippen LogP contribution in [-0.2, 0) is 0 Å². The molecule has 0 aliphatic heterocycles. The van der Waals surface area contributed by atoms with Crippen LogP contribution in [0.1, 0.15) is 62.3 Å². The van der Waals surface area contributed by atoms with Crippen molar-refractivity contribution in [3.63, 3.8) is 0 Å². The Morgan fingerprint density at radius 2 is 1.14 bits per heavy atom. The minimum atomic E-state index is -1.78. The number of rotatable bonds is 2. The van der Waals surface area contributed by atoms with E-state index in [1.54, 1.807) is 0 Å². The molecule has 0 atom stereocenters. The molecule has 0 aliphatic carbocycles. The van der Waals surface area contributed by atoms with Gasteiger partial charge < -0.3 is 4.66 Å². The number of benzene rings is 1. The van der Waals surface area contributed by atoms with Crippen molar-refractivity contribution in [1.29, 1.82) is 0 Å². The largest absolute Gasteiger partial charge is 0.412 e. The van der Waals surface area contributed by atoms with Gasteiger partial charge in [0.2, 0.25) is 0 Å². The van der Waals surface area contributed by atoms with Gasteiger partial charge in [0.25, 0.3) is 0 Å². The van der Waals surface area contributed by atoms with E-state index in [1.165, 1.54) is 0 Å². The number of halogens is 1. The normalized spacial score (nSPS) is 13.9. The molecule has 0 bridgehead atoms. The molecule has 0 saturated carbocycles. The second-order valence-corrected chi connectivity index (χ2v) is 14.9. The third-order valence-corrected chi connectivity index (χ3v) is 11.1. The van der Waals surface area contributed by atoms with Gasteiger partial charge in [-0.25, -0.2) is 0 Å². The first kappa shape index (κ1) is 19.9. The quantitative estimate of drug-likeness (QED) is 0.448. The Labute approximate surface area is 143 Å². The van der Waals surface area contributed by atoms with Crippen LogP contribution in [0.5, 0.6) is 0 Å². The molecule has 0 saturated heterocycles. The lowest BCUT2D eigenvalue weighted by Gasteiger charge is -2.55. The summed E-state index contributed by atoms with van der Waals surface area (Å²) in [6, 6.07) is 10.2. The number of nitrogens with zero attached hydrogens (tertiary/aromatic N) is 1. The summed E-state index contributed by atoms with van der Waals surface area (Å²) in [6.07, 6.45) is -0.285. The van der Waals surface area contributed by atoms with Crippen LogP contribution in [0.2, 0.25) is 0 Å². The molecule has 0 radical (unpaired) electrons. The average Bonchev–Trinajstić information content (AvgIpc) is 2.32. The van der Waals surface area contributed by atoms with Gasteiger partial charge in [-0.3, -0.25) is 0 Å². The van der Waals surface area contributed by atoms with Crippen molar-refractivity contribution in [2.75, 3.05) is 0 Å². The van der Waals surface area contributed by atoms with E-state index in [1.807, 2.05) is 18.2 Å². The fourth-order valence-corrected chi connectivity index (χ4v) is 12.4. The van der Waals surface area contributed by atoms with E-state index in [4.69, 9.17) is 16.1 Å². The van der Waals surface area contributed by atoms with Crippen LogP contribution >= 0.6 is 18.5 Å². The van der Waals surface area contributed by atoms with Gasteiger partial charge in [-0.15, -0.1) is 0 Å². The SMILES string of the molecule is CC(C)(C)P(=NB(Cl)c1ccccc1)(C(C)(C)C)C(C)(C)C. The molecule has 124 valence electrons. The maximum Gasteiger partial charge on any atom is 0.412 e. The minimum Gasteiger partial charge on any atom is -0.331 e. The molecule has 0 heterocycles. The second-order valence-electron chi connectivity index (χ2n) is 9.01. The van der Waals surface area contributed by atoms with Crippen molar-refractivity contribution in [3.8, 4) is 0 Å². The van der Waals surface area contributed by atoms with Gasteiger partial charge in [0, 0.05) is 0 Å². The number of hydrogen-bond acceptors (Lipinski definition) is 1. The standard InChI is InChI=1S/C18H32BClNP/c1-16(2,3)22(17(4,5)6,18(7,8)9)21-19(20)15-13-11-10-12-14-15/h10-14H,1-9H3. The van der Waals surface area contributed by atoms with E-state index in [0.717, 1.165) is 5.46 Å². The van der Waals surface area contributed by atoms with E-state index in [9.17, 15) is 0 Å². The van der Waals surface area contributed by atoms with Gasteiger partial charge in [-0.1, -0.05) is 92.6 Å². The molecule has 0 spiro atoms. The van der Waals surface area contributed by atoms with Crippen LogP contribution in [0.25, 0.3) is 0 Å². The summed E-state index contributed by atoms with van der Waals surface area (Å²) in [5.74, 6) is 0. The van der Waals surface area contributed by atoms with Crippen molar-refractivity contribution >= 4 is 30.2 Å². The predicted octanol–water partition coefficient (Wildman–Crippen LogP) is 6.22. The molecule has 1 aromatic rings. The molecule has 0 fully saturated rings. The third kappa shape index (κ3) is 3.65. The summed E-state index contributed by atoms with van der Waals surface area (Å²) in [6.45, 7) is 21.0. The Morgan fingerprint density at radius 3 is 1.45 bits per heavy atom. The Hall–Kier alpha value is -0.195. The van der Waals surface area contributed by atoms with Crippen molar-refractivity contribution in [2.45, 2.75) is 77.8 Å². The van der Waals surface area contributed by atoms with Gasteiger partial charge in [0.05, 0.1) is 0 Å². The smallest absolute Gasteiger partial charge is 0.331 e. The Kier molecular flexibility index (Phi) is 5.74. The first-order chi connectivity index (χ1) is 9.74. The van der Waals surface area contributed by atoms with Crippen LogP contribution in [0, 0.1) is 0 Å². The van der Waals surface area contributed by atoms with Gasteiger partial charge in [-0.05, 0) is 28.0 Å². The summed E-state index contributed by atoms with van der Waals surface area (Å²) >= 11 is 6.77. The molecule has 1 nitrogen and oxygen atoms in total. The lowest BCUT2D eigenvalue weighted by Crippen LogP contribution is -2.40. The molecular formula is C18H32BClNP. The third-order valence-electron chi connectivity index (χ3n) is 4.26. The first-order valence-electron chi connectivity index (χ1n) is 8.05. The van der Waals surface area contributed by atoms with E-state index in [2.05, 4.69) is 74.4 Å². The molecule has 0 unspecified atom stereocenters. The minimum absolute atomic E-state index is 0.103. The Morgan fingerprint density at radius 1 is 0.773 bits per heavy atom. The van der Waals surface area contributed by atoms with Crippen molar-refractivity contribution in [1.82, 2.24) is 0 Å². The summed E-state index contributed by atoms with van der Waals surface area (Å²) in [5, 5.41) is 0.308. The van der Waals surface area contributed by atoms with Crippen LogP contribution < -0.4 is 5.46 Å². The molecule has 0 N–H and O–H groups in total. The molecule has 4 heteroatoms. The van der Waals surface area contributed by atoms with Gasteiger partial charge in [0.1, 0.15) is 0 Å². The molecule has 0 aliphatic rings. The van der Waals surface area contributed by atoms with E-state index < -0.39 is 7.05 Å². The molecule has 22 heavy (non-hydrogen) atoms. The highest BCUT2D eigenvalue weighted by Gasteiger charge is 2.50. The van der Waals surface area contributed by atoms with Gasteiger partial charge >= 0.3 is 6.26 Å². The van der Waals surface area contributed by atoms with Gasteiger partial charge in [-0.2, -0.15) is 11.5 Å². The monoisotopic (exact) mass is 339 g/mol. The van der Waals surface area contributed by atoms with Crippen LogP contribution in [-0.4, -0.2) is 21.7 Å².